The molecule has 0 unspecified atom stereocenters. The van der Waals surface area contributed by atoms with Crippen molar-refractivity contribution in [3.8, 4) is 0 Å². The zero-order valence-corrected chi connectivity index (χ0v) is 11.9. The Hall–Kier alpha value is 0.0287. The monoisotopic (exact) mass is 306 g/mol. The SMILES string of the molecule is CC(C)(C)OC(=O)N1CCNCC1.[Sn]. The van der Waals surface area contributed by atoms with E-state index in [-0.39, 0.29) is 35.6 Å². The fourth-order valence-corrected chi connectivity index (χ4v) is 1.17. The number of amides is 1. The van der Waals surface area contributed by atoms with Gasteiger partial charge in [-0.05, 0) is 20.8 Å². The number of piperazine rings is 1. The van der Waals surface area contributed by atoms with Gasteiger partial charge in [-0.15, -0.1) is 0 Å². The van der Waals surface area contributed by atoms with E-state index >= 15 is 0 Å². The second-order valence-electron chi connectivity index (χ2n) is 4.22. The number of carbonyl (C=O) groups is 1. The van der Waals surface area contributed by atoms with Crippen LogP contribution in [0.5, 0.6) is 0 Å². The first-order chi connectivity index (χ1) is 5.99. The predicted octanol–water partition coefficient (Wildman–Crippen LogP) is 0.446. The van der Waals surface area contributed by atoms with Crippen LogP contribution in [0.25, 0.3) is 0 Å². The Morgan fingerprint density at radius 3 is 2.21 bits per heavy atom. The number of ether oxygens (including phenoxy) is 1. The van der Waals surface area contributed by atoms with Crippen molar-refractivity contribution >= 4 is 30.0 Å². The molecule has 5 heteroatoms. The molecule has 1 aliphatic heterocycles. The molecule has 80 valence electrons. The molecule has 1 saturated heterocycles. The Kier molecular flexibility index (Phi) is 5.81. The summed E-state index contributed by atoms with van der Waals surface area (Å²) in [5.41, 5.74) is -0.387. The van der Waals surface area contributed by atoms with Gasteiger partial charge in [0.25, 0.3) is 0 Å². The van der Waals surface area contributed by atoms with Crippen LogP contribution in [0.2, 0.25) is 0 Å². The molecule has 14 heavy (non-hydrogen) atoms. The summed E-state index contributed by atoms with van der Waals surface area (Å²) >= 11 is 0. The van der Waals surface area contributed by atoms with Gasteiger partial charge >= 0.3 is 6.09 Å². The Labute approximate surface area is 102 Å². The topological polar surface area (TPSA) is 41.6 Å². The number of nitrogens with one attached hydrogen (secondary N) is 1. The third-order valence-electron chi connectivity index (χ3n) is 1.77. The quantitative estimate of drug-likeness (QED) is 0.661. The van der Waals surface area contributed by atoms with Gasteiger partial charge in [0.15, 0.2) is 0 Å². The molecule has 0 aromatic rings. The van der Waals surface area contributed by atoms with Gasteiger partial charge in [0, 0.05) is 50.1 Å². The normalized spacial score (nSPS) is 17.2. The first-order valence-electron chi connectivity index (χ1n) is 4.68. The Balaban J connectivity index is 0.00000169. The average Bonchev–Trinajstić information content (AvgIpc) is 2.03. The number of hydrogen-bond acceptors (Lipinski definition) is 3. The average molecular weight is 305 g/mol. The van der Waals surface area contributed by atoms with Crippen LogP contribution in [0.15, 0.2) is 0 Å². The smallest absolute Gasteiger partial charge is 0.410 e. The molecule has 4 radical (unpaired) electrons. The van der Waals surface area contributed by atoms with Gasteiger partial charge in [-0.3, -0.25) is 0 Å². The van der Waals surface area contributed by atoms with Crippen LogP contribution >= 0.6 is 0 Å². The van der Waals surface area contributed by atoms with Gasteiger partial charge in [-0.2, -0.15) is 0 Å². The number of hydrogen-bond donors (Lipinski definition) is 1. The minimum atomic E-state index is -0.387. The van der Waals surface area contributed by atoms with Gasteiger partial charge in [0.1, 0.15) is 5.60 Å². The Morgan fingerprint density at radius 1 is 1.29 bits per heavy atom. The standard InChI is InChI=1S/C9H18N2O2.Sn/c1-9(2,3)13-8(12)11-6-4-10-5-7-11;/h10H,4-7H2,1-3H3;. The van der Waals surface area contributed by atoms with E-state index in [2.05, 4.69) is 5.32 Å². The van der Waals surface area contributed by atoms with Crippen LogP contribution in [0.4, 0.5) is 4.79 Å². The molecule has 1 aliphatic rings. The maximum absolute atomic E-state index is 11.5. The molecule has 0 aromatic carbocycles. The first kappa shape index (κ1) is 14.0. The molecule has 1 amide bonds. The third-order valence-corrected chi connectivity index (χ3v) is 1.77. The van der Waals surface area contributed by atoms with Gasteiger partial charge < -0.3 is 15.0 Å². The number of nitrogens with zero attached hydrogens (tertiary/aromatic N) is 1. The van der Waals surface area contributed by atoms with E-state index in [1.54, 1.807) is 4.90 Å². The van der Waals surface area contributed by atoms with E-state index in [0.717, 1.165) is 26.2 Å². The van der Waals surface area contributed by atoms with E-state index in [4.69, 9.17) is 4.74 Å². The fraction of sp³-hybridized carbons (Fsp3) is 0.889. The molecule has 1 N–H and O–H groups in total. The van der Waals surface area contributed by atoms with Crippen LogP contribution in [-0.2, 0) is 4.74 Å². The van der Waals surface area contributed by atoms with E-state index < -0.39 is 0 Å². The van der Waals surface area contributed by atoms with Crippen LogP contribution in [0.3, 0.4) is 0 Å². The van der Waals surface area contributed by atoms with Crippen molar-refractivity contribution in [3.05, 3.63) is 0 Å². The summed E-state index contributed by atoms with van der Waals surface area (Å²) in [5, 5.41) is 3.18. The van der Waals surface area contributed by atoms with E-state index in [1.807, 2.05) is 20.8 Å². The third kappa shape index (κ3) is 5.05. The van der Waals surface area contributed by atoms with Crippen molar-refractivity contribution in [3.63, 3.8) is 0 Å². The van der Waals surface area contributed by atoms with Gasteiger partial charge in [0.05, 0.1) is 0 Å². The molecular formula is C9H18N2O2Sn. The van der Waals surface area contributed by atoms with Crippen molar-refractivity contribution in [1.82, 2.24) is 10.2 Å². The maximum atomic E-state index is 11.5. The number of rotatable bonds is 0. The van der Waals surface area contributed by atoms with Crippen molar-refractivity contribution in [2.24, 2.45) is 0 Å². The first-order valence-corrected chi connectivity index (χ1v) is 4.68. The molecule has 1 heterocycles. The summed E-state index contributed by atoms with van der Waals surface area (Å²) in [7, 11) is 0. The van der Waals surface area contributed by atoms with Crippen molar-refractivity contribution in [1.29, 1.82) is 0 Å². The fourth-order valence-electron chi connectivity index (χ4n) is 1.17. The summed E-state index contributed by atoms with van der Waals surface area (Å²) < 4.78 is 5.24. The van der Waals surface area contributed by atoms with Crippen LogP contribution in [-0.4, -0.2) is 66.7 Å². The van der Waals surface area contributed by atoms with Gasteiger partial charge in [-0.1, -0.05) is 0 Å². The predicted molar refractivity (Wildman–Crippen MR) is 56.4 cm³/mol. The second kappa shape index (κ2) is 5.80. The molecule has 0 atom stereocenters. The van der Waals surface area contributed by atoms with Gasteiger partial charge in [-0.25, -0.2) is 4.79 Å². The molecule has 0 spiro atoms. The summed E-state index contributed by atoms with van der Waals surface area (Å²) in [6.07, 6.45) is -0.200. The van der Waals surface area contributed by atoms with E-state index in [0.29, 0.717) is 0 Å². The molecule has 0 bridgehead atoms. The van der Waals surface area contributed by atoms with Crippen LogP contribution in [0, 0.1) is 0 Å². The van der Waals surface area contributed by atoms with Gasteiger partial charge in [0.2, 0.25) is 0 Å². The molecule has 1 fully saturated rings. The summed E-state index contributed by atoms with van der Waals surface area (Å²) in [5.74, 6) is 0. The van der Waals surface area contributed by atoms with E-state index in [1.165, 1.54) is 0 Å². The Bertz CT molecular complexity index is 186. The summed E-state index contributed by atoms with van der Waals surface area (Å²) in [6, 6.07) is 0. The van der Waals surface area contributed by atoms with Crippen molar-refractivity contribution in [2.45, 2.75) is 26.4 Å². The Morgan fingerprint density at radius 2 is 1.79 bits per heavy atom. The van der Waals surface area contributed by atoms with Crippen molar-refractivity contribution in [2.75, 3.05) is 26.2 Å². The zero-order chi connectivity index (χ0) is 9.90. The zero-order valence-electron chi connectivity index (χ0n) is 9.09. The molecule has 0 aromatic heterocycles. The minimum Gasteiger partial charge on any atom is -0.444 e. The van der Waals surface area contributed by atoms with Crippen molar-refractivity contribution < 1.29 is 9.53 Å². The summed E-state index contributed by atoms with van der Waals surface area (Å²) in [4.78, 5) is 13.2. The maximum Gasteiger partial charge on any atom is 0.410 e. The molecule has 0 saturated carbocycles. The molecule has 0 aliphatic carbocycles. The van der Waals surface area contributed by atoms with E-state index in [9.17, 15) is 4.79 Å². The van der Waals surface area contributed by atoms with Crippen LogP contribution < -0.4 is 5.32 Å². The second-order valence-corrected chi connectivity index (χ2v) is 4.22. The molecular weight excluding hydrogens is 287 g/mol. The van der Waals surface area contributed by atoms with Crippen LogP contribution in [0.1, 0.15) is 20.8 Å². The number of carbonyl (C=O) groups excluding carboxylic acids is 1. The summed E-state index contributed by atoms with van der Waals surface area (Å²) in [6.45, 7) is 8.86. The molecule has 1 rings (SSSR count). The molecule has 4 nitrogen and oxygen atoms in total. The minimum absolute atomic E-state index is 0. The largest absolute Gasteiger partial charge is 0.444 e.